The molecule has 7 aromatic carbocycles. The molecular weight excluding hydrogens is 1890 g/mol. The van der Waals surface area contributed by atoms with Crippen LogP contribution in [0.15, 0.2) is 182 Å². The molecule has 4 unspecified atom stereocenters. The van der Waals surface area contributed by atoms with E-state index in [4.69, 9.17) is 55.6 Å². The first kappa shape index (κ1) is 128. The second-order valence-electron chi connectivity index (χ2n) is 44.6. The van der Waals surface area contributed by atoms with Crippen LogP contribution >= 0.6 is 44.2 Å². The van der Waals surface area contributed by atoms with Gasteiger partial charge < -0.3 is 55.6 Å². The van der Waals surface area contributed by atoms with Crippen molar-refractivity contribution in [3.8, 4) is 34.5 Å². The summed E-state index contributed by atoms with van der Waals surface area (Å²) < 4.78 is 148. The number of esters is 6. The Morgan fingerprint density at radius 3 is 0.714 bits per heavy atom. The minimum atomic E-state index is -3.18. The molecule has 786 valence electrons. The number of para-hydroxylation sites is 3. The van der Waals surface area contributed by atoms with Gasteiger partial charge >= 0.3 is 35.8 Å². The van der Waals surface area contributed by atoms with E-state index in [2.05, 4.69) is 0 Å². The number of ether oxygens (including phenoxy) is 6. The van der Waals surface area contributed by atoms with Gasteiger partial charge in [0.1, 0.15) is 34.5 Å². The van der Waals surface area contributed by atoms with E-state index in [0.717, 1.165) is 21.9 Å². The van der Waals surface area contributed by atoms with Gasteiger partial charge in [-0.15, -0.1) is 0 Å². The number of benzene rings is 7. The van der Waals surface area contributed by atoms with Crippen LogP contribution in [0.1, 0.15) is 267 Å². The number of carbonyl (C=O) groups excluding carboxylic acids is 6. The third-order valence-electron chi connectivity index (χ3n) is 21.6. The van der Waals surface area contributed by atoms with E-state index in [1.165, 1.54) is 0 Å². The van der Waals surface area contributed by atoms with Gasteiger partial charge in [-0.25, -0.2) is 0 Å². The maximum absolute atomic E-state index is 13.8. The van der Waals surface area contributed by atoms with Crippen LogP contribution in [0.25, 0.3) is 10.8 Å². The maximum Gasteiger partial charge on any atom is 0.311 e. The molecule has 7 rings (SSSR count). The summed E-state index contributed by atoms with van der Waals surface area (Å²) in [5.74, 6) is -0.928. The summed E-state index contributed by atoms with van der Waals surface area (Å²) >= 11 is 0. The number of hydrogen-bond donors (Lipinski definition) is 0. The number of carbonyl (C=O) groups is 6. The highest BCUT2D eigenvalue weighted by atomic mass is 31.2. The van der Waals surface area contributed by atoms with E-state index in [0.29, 0.717) is 40.7 Å². The molecule has 0 radical (unpaired) electrons. The highest BCUT2D eigenvalue weighted by molar-refractivity contribution is 7.62. The van der Waals surface area contributed by atoms with Crippen LogP contribution in [0.2, 0.25) is 0 Å². The van der Waals surface area contributed by atoms with Crippen LogP contribution in [-0.2, 0) is 84.6 Å². The largest absolute Gasteiger partial charge is 0.465 e. The van der Waals surface area contributed by atoms with E-state index < -0.39 is 110 Å². The highest BCUT2D eigenvalue weighted by Crippen LogP contribution is 2.65. The van der Waals surface area contributed by atoms with Crippen LogP contribution in [-0.4, -0.2) is 141 Å². The van der Waals surface area contributed by atoms with E-state index >= 15 is 0 Å². The van der Waals surface area contributed by atoms with E-state index in [9.17, 15) is 56.2 Å². The van der Waals surface area contributed by atoms with Crippen molar-refractivity contribution in [3.63, 3.8) is 0 Å². The molecule has 0 N–H and O–H groups in total. The van der Waals surface area contributed by atoms with E-state index in [1.807, 2.05) is 312 Å². The molecule has 0 aliphatic rings. The Morgan fingerprint density at radius 1 is 0.257 bits per heavy atom. The summed E-state index contributed by atoms with van der Waals surface area (Å²) in [6.45, 7) is 72.2. The average Bonchev–Trinajstić information content (AvgIpc) is 0.770. The summed E-state index contributed by atoms with van der Waals surface area (Å²) in [5.41, 5.74) is 1.54. The molecule has 0 spiro atoms. The van der Waals surface area contributed by atoms with Gasteiger partial charge in [0.15, 0.2) is 0 Å². The second-order valence-corrected chi connectivity index (χ2v) is 64.1. The Morgan fingerprint density at radius 2 is 0.471 bits per heavy atom. The van der Waals surface area contributed by atoms with Gasteiger partial charge in [0.25, 0.3) is 44.2 Å². The lowest BCUT2D eigenvalue weighted by atomic mass is 9.97. The molecule has 0 fully saturated rings. The minimum Gasteiger partial charge on any atom is -0.465 e. The molecule has 0 saturated carbocycles. The van der Waals surface area contributed by atoms with E-state index in [-0.39, 0.29) is 110 Å². The first-order valence-electron chi connectivity index (χ1n) is 48.6. The molecule has 24 nitrogen and oxygen atoms in total. The van der Waals surface area contributed by atoms with Crippen molar-refractivity contribution in [1.29, 1.82) is 0 Å². The first-order valence-corrected chi connectivity index (χ1v) is 59.4. The van der Waals surface area contributed by atoms with E-state index in [1.54, 1.807) is 140 Å². The Kier molecular flexibility index (Phi) is 50.4. The maximum atomic E-state index is 13.8. The highest BCUT2D eigenvalue weighted by Gasteiger charge is 2.48. The summed E-state index contributed by atoms with van der Waals surface area (Å²) in [6, 6.07) is 55.9. The lowest BCUT2D eigenvalue weighted by Gasteiger charge is -2.33. The fourth-order valence-corrected chi connectivity index (χ4v) is 26.0. The summed E-state index contributed by atoms with van der Waals surface area (Å²) in [7, 11) is -18.5. The predicted molar refractivity (Wildman–Crippen MR) is 574 cm³/mol. The van der Waals surface area contributed by atoms with Gasteiger partial charge in [-0.2, -0.15) is 0 Å². The van der Waals surface area contributed by atoms with Crippen molar-refractivity contribution in [1.82, 2.24) is 0 Å². The van der Waals surface area contributed by atoms with Gasteiger partial charge in [-0.05, 0) is 187 Å². The van der Waals surface area contributed by atoms with Crippen molar-refractivity contribution < 1.29 is 112 Å². The zero-order valence-corrected chi connectivity index (χ0v) is 97.0. The molecule has 30 heteroatoms. The van der Waals surface area contributed by atoms with Gasteiger partial charge in [0, 0.05) is 79.2 Å². The molecule has 0 aromatic heterocycles. The van der Waals surface area contributed by atoms with Crippen molar-refractivity contribution in [2.24, 2.45) is 40.9 Å². The van der Waals surface area contributed by atoms with Crippen LogP contribution in [0.4, 0.5) is 0 Å². The van der Waals surface area contributed by atoms with Gasteiger partial charge in [0.05, 0.1) is 72.1 Å². The third-order valence-corrected chi connectivity index (χ3v) is 43.1. The lowest BCUT2D eigenvalue weighted by Crippen LogP contribution is -2.28. The average molecular weight is 2060 g/mol. The molecule has 0 aliphatic carbocycles. The monoisotopic (exact) mass is 2060 g/mol. The molecule has 0 bridgehead atoms. The lowest BCUT2D eigenvalue weighted by molar-refractivity contribution is -0.154. The van der Waals surface area contributed by atoms with Crippen LogP contribution in [0.5, 0.6) is 34.5 Å². The Balaban J connectivity index is 0.000000569. The fourth-order valence-electron chi connectivity index (χ4n) is 12.6. The quantitative estimate of drug-likeness (QED) is 0.0200. The zero-order valence-electron chi connectivity index (χ0n) is 91.6. The fraction of sp³-hybridized carbons (Fsp3) is 0.582. The molecule has 140 heavy (non-hydrogen) atoms. The molecular formula is C110H172O24P6. The summed E-state index contributed by atoms with van der Waals surface area (Å²) in [4.78, 5) is 72.3. The zero-order chi connectivity index (χ0) is 108. The Labute approximate surface area is 841 Å². The normalized spacial score (nSPS) is 15.9. The number of hydrogen-bond acceptors (Lipinski definition) is 24. The molecule has 0 aliphatic heterocycles. The van der Waals surface area contributed by atoms with Gasteiger partial charge in [-0.3, -0.25) is 56.2 Å². The molecule has 0 heterocycles. The standard InChI is InChI=1S/C21H29O4P.C19H31O4P.2C18H29O4P.2C17H27O4P/c1-15(2)24-20(22)16(3)14-26(23,21(4,5)6)25-19-13-9-11-17-10-7-8-12-18(17)19;1-15(13-22-17(20)18(2,3)4)14-24(21,19(5,6)7)23-16-11-9-8-10-12-16;2*1-13(2)21-17(19)15(4)12-23(20,18(5,6)7)22-16-10-8-9-14(3)11-16;2*1-13(2)20-16(18)14(3)12-22(19,17(4,5)6)21-15-10-8-7-9-11-15/h7-13,15-16H,14H2,1-6H3;8-12,15H,13-14H2,1-7H3;2*8-11,13,15H,12H2,1-7H3;2*7-11,13-14H,12H2,1-6H3/t16-,26-;15-,24?;15-,23?;15-,23+;2*14-,22?/m101110/s1. The molecule has 12 atom stereocenters. The van der Waals surface area contributed by atoms with Gasteiger partial charge in [0.2, 0.25) is 0 Å². The number of rotatable bonds is 36. The summed E-state index contributed by atoms with van der Waals surface area (Å²) in [5, 5.41) is -1.41. The molecule has 0 saturated heterocycles. The first-order chi connectivity index (χ1) is 63.9. The topological polar surface area (TPSA) is 316 Å². The third kappa shape index (κ3) is 43.8. The smallest absolute Gasteiger partial charge is 0.311 e. The number of aryl methyl sites for hydroxylation is 2. The molecule has 0 amide bonds. The number of fused-ring (bicyclic) bond motifs is 1. The minimum absolute atomic E-state index is 0.0509. The van der Waals surface area contributed by atoms with Crippen LogP contribution in [0, 0.1) is 54.8 Å². The SMILES string of the molecule is CC(C)OC(=O)[C@@H](C)CP(=O)(Oc1ccccc1)C(C)(C)C.CC(C)OC(=O)[C@H](C)CP(=O)(Oc1ccccc1)C(C)(C)C.CC(C)OC(=O)[C@H](C)C[P@@](=O)(Oc1cccc2ccccc12)C(C)(C)C.C[C@@H](COC(=O)C(C)(C)C)CP(=O)(Oc1ccccc1)C(C)(C)C.Cc1cccc(OP(=O)(C[C@@H](C)C(=O)OC(C)C)C(C)(C)C)c1.Cc1cccc(O[P@@](=O)(C[C@@H](C)C(=O)OC(C)C)C(C)(C)C)c1. The predicted octanol–water partition coefficient (Wildman–Crippen LogP) is 30.8. The van der Waals surface area contributed by atoms with Crippen molar-refractivity contribution in [2.45, 2.75) is 331 Å². The van der Waals surface area contributed by atoms with Crippen molar-refractivity contribution in [3.05, 3.63) is 193 Å². The van der Waals surface area contributed by atoms with Crippen molar-refractivity contribution in [2.75, 3.05) is 43.6 Å². The Bertz CT molecular complexity index is 5120. The van der Waals surface area contributed by atoms with Crippen LogP contribution in [0.3, 0.4) is 0 Å². The molecule has 7 aromatic rings. The summed E-state index contributed by atoms with van der Waals surface area (Å²) in [6.07, 6.45) is 0.234. The Hall–Kier alpha value is -8.20. The van der Waals surface area contributed by atoms with Crippen molar-refractivity contribution >= 4 is 90.8 Å². The second kappa shape index (κ2) is 55.2. The van der Waals surface area contributed by atoms with Gasteiger partial charge in [-0.1, -0.05) is 281 Å². The van der Waals surface area contributed by atoms with Crippen LogP contribution < -0.4 is 27.1 Å².